The second-order valence-electron chi connectivity index (χ2n) is 5.13. The van der Waals surface area contributed by atoms with Gasteiger partial charge in [-0.15, -0.1) is 0 Å². The zero-order chi connectivity index (χ0) is 12.6. The molecule has 0 unspecified atom stereocenters. The van der Waals surface area contributed by atoms with Crippen molar-refractivity contribution < 1.29 is 0 Å². The zero-order valence-electron chi connectivity index (χ0n) is 10.9. The van der Waals surface area contributed by atoms with Gasteiger partial charge in [-0.05, 0) is 41.3 Å². The van der Waals surface area contributed by atoms with E-state index in [1.165, 1.54) is 6.42 Å². The highest BCUT2D eigenvalue weighted by Crippen LogP contribution is 2.28. The predicted octanol–water partition coefficient (Wildman–Crippen LogP) is 3.85. The molecule has 1 rings (SSSR count). The lowest BCUT2D eigenvalue weighted by Crippen LogP contribution is -2.22. The molecule has 17 heavy (non-hydrogen) atoms. The van der Waals surface area contributed by atoms with E-state index in [9.17, 15) is 0 Å². The summed E-state index contributed by atoms with van der Waals surface area (Å²) in [4.78, 5) is 4.27. The number of nitrogens with one attached hydrogen (secondary N) is 1. The van der Waals surface area contributed by atoms with E-state index in [1.54, 1.807) is 10.8 Å². The Bertz CT molecular complexity index is 296. The van der Waals surface area contributed by atoms with Crippen molar-refractivity contribution >= 4 is 21.6 Å². The van der Waals surface area contributed by atoms with Crippen molar-refractivity contribution in [2.75, 3.05) is 18.8 Å². The Labute approximate surface area is 113 Å². The molecule has 2 nitrogen and oxygen atoms in total. The molecule has 0 aliphatic heterocycles. The lowest BCUT2D eigenvalue weighted by molar-refractivity contribution is 0.369. The summed E-state index contributed by atoms with van der Waals surface area (Å²) in [5.74, 6) is 1.12. The molecular formula is C13H22N2S2. The van der Waals surface area contributed by atoms with Gasteiger partial charge in [0.2, 0.25) is 0 Å². The Hall–Kier alpha value is -0.190. The highest BCUT2D eigenvalue weighted by Gasteiger charge is 2.08. The maximum absolute atomic E-state index is 4.27. The predicted molar refractivity (Wildman–Crippen MR) is 79.5 cm³/mol. The van der Waals surface area contributed by atoms with Gasteiger partial charge < -0.3 is 5.32 Å². The largest absolute Gasteiger partial charge is 0.316 e. The van der Waals surface area contributed by atoms with Crippen molar-refractivity contribution in [2.24, 2.45) is 5.41 Å². The van der Waals surface area contributed by atoms with Crippen LogP contribution in [0.15, 0.2) is 29.4 Å². The molecule has 0 bridgehead atoms. The van der Waals surface area contributed by atoms with Crippen molar-refractivity contribution in [3.8, 4) is 0 Å². The summed E-state index contributed by atoms with van der Waals surface area (Å²) in [5, 5.41) is 4.56. The average Bonchev–Trinajstić information content (AvgIpc) is 2.28. The molecule has 1 N–H and O–H groups in total. The van der Waals surface area contributed by atoms with Gasteiger partial charge in [0.05, 0.1) is 0 Å². The van der Waals surface area contributed by atoms with Crippen LogP contribution >= 0.6 is 21.6 Å². The number of pyridine rings is 1. The Kier molecular flexibility index (Phi) is 7.00. The first kappa shape index (κ1) is 14.9. The van der Waals surface area contributed by atoms with Crippen LogP contribution in [0.25, 0.3) is 0 Å². The highest BCUT2D eigenvalue weighted by molar-refractivity contribution is 8.76. The quantitative estimate of drug-likeness (QED) is 0.601. The summed E-state index contributed by atoms with van der Waals surface area (Å²) < 4.78 is 0. The molecule has 0 aromatic carbocycles. The van der Waals surface area contributed by atoms with Gasteiger partial charge in [-0.25, -0.2) is 4.98 Å². The van der Waals surface area contributed by atoms with Gasteiger partial charge in [0, 0.05) is 18.5 Å². The fourth-order valence-corrected chi connectivity index (χ4v) is 3.03. The standard InChI is InChI=1S/C13H22N2S2/c1-13(2,3)7-9-14-10-11-16-17-12-6-4-5-8-15-12/h4-6,8,14H,7,9-11H2,1-3H3. The van der Waals surface area contributed by atoms with Crippen LogP contribution in [0.1, 0.15) is 27.2 Å². The monoisotopic (exact) mass is 270 g/mol. The van der Waals surface area contributed by atoms with E-state index < -0.39 is 0 Å². The number of nitrogens with zero attached hydrogens (tertiary/aromatic N) is 1. The van der Waals surface area contributed by atoms with Gasteiger partial charge in [-0.3, -0.25) is 0 Å². The second-order valence-corrected chi connectivity index (χ2v) is 7.57. The molecule has 0 spiro atoms. The molecule has 0 saturated carbocycles. The molecule has 0 aliphatic rings. The van der Waals surface area contributed by atoms with Crippen molar-refractivity contribution in [3.05, 3.63) is 24.4 Å². The maximum atomic E-state index is 4.27. The van der Waals surface area contributed by atoms with Crippen LogP contribution in [0.5, 0.6) is 0 Å². The normalized spacial score (nSPS) is 11.7. The van der Waals surface area contributed by atoms with Crippen LogP contribution in [-0.4, -0.2) is 23.8 Å². The molecule has 0 atom stereocenters. The van der Waals surface area contributed by atoms with Gasteiger partial charge in [0.1, 0.15) is 5.03 Å². The summed E-state index contributed by atoms with van der Waals surface area (Å²) in [6.07, 6.45) is 3.07. The van der Waals surface area contributed by atoms with Crippen molar-refractivity contribution in [1.82, 2.24) is 10.3 Å². The smallest absolute Gasteiger partial charge is 0.106 e. The number of hydrogen-bond acceptors (Lipinski definition) is 4. The molecule has 0 fully saturated rings. The molecule has 0 saturated heterocycles. The lowest BCUT2D eigenvalue weighted by Gasteiger charge is -2.17. The fourth-order valence-electron chi connectivity index (χ4n) is 1.20. The van der Waals surface area contributed by atoms with E-state index in [-0.39, 0.29) is 0 Å². The molecule has 4 heteroatoms. The van der Waals surface area contributed by atoms with E-state index in [0.717, 1.165) is 23.9 Å². The molecule has 0 amide bonds. The summed E-state index contributed by atoms with van der Waals surface area (Å²) in [5.41, 5.74) is 0.433. The summed E-state index contributed by atoms with van der Waals surface area (Å²) in [6, 6.07) is 6.02. The first-order valence-electron chi connectivity index (χ1n) is 5.99. The second kappa shape index (κ2) is 8.01. The van der Waals surface area contributed by atoms with E-state index in [2.05, 4.69) is 31.1 Å². The fraction of sp³-hybridized carbons (Fsp3) is 0.615. The van der Waals surface area contributed by atoms with Gasteiger partial charge in [0.15, 0.2) is 0 Å². The third-order valence-corrected chi connectivity index (χ3v) is 4.46. The van der Waals surface area contributed by atoms with Crippen molar-refractivity contribution in [2.45, 2.75) is 32.2 Å². The Morgan fingerprint density at radius 2 is 2.06 bits per heavy atom. The molecular weight excluding hydrogens is 248 g/mol. The molecule has 96 valence electrons. The number of aromatic nitrogens is 1. The zero-order valence-corrected chi connectivity index (χ0v) is 12.5. The molecule has 0 radical (unpaired) electrons. The molecule has 1 aromatic heterocycles. The SMILES string of the molecule is CC(C)(C)CCNCCSSc1ccccn1. The summed E-state index contributed by atoms with van der Waals surface area (Å²) in [7, 11) is 3.61. The minimum absolute atomic E-state index is 0.433. The highest BCUT2D eigenvalue weighted by atomic mass is 33.1. The Morgan fingerprint density at radius 1 is 1.24 bits per heavy atom. The molecule has 1 heterocycles. The molecule has 0 aliphatic carbocycles. The number of hydrogen-bond donors (Lipinski definition) is 1. The van der Waals surface area contributed by atoms with E-state index in [1.807, 2.05) is 35.2 Å². The van der Waals surface area contributed by atoms with Crippen LogP contribution in [0.3, 0.4) is 0 Å². The van der Waals surface area contributed by atoms with Crippen molar-refractivity contribution in [3.63, 3.8) is 0 Å². The number of rotatable bonds is 7. The summed E-state index contributed by atoms with van der Waals surface area (Å²) in [6.45, 7) is 9.01. The minimum atomic E-state index is 0.433. The topological polar surface area (TPSA) is 24.9 Å². The van der Waals surface area contributed by atoms with Crippen LogP contribution in [0.4, 0.5) is 0 Å². The van der Waals surface area contributed by atoms with E-state index >= 15 is 0 Å². The van der Waals surface area contributed by atoms with Gasteiger partial charge in [0.25, 0.3) is 0 Å². The third-order valence-electron chi connectivity index (χ3n) is 2.20. The third kappa shape index (κ3) is 8.52. The maximum Gasteiger partial charge on any atom is 0.106 e. The minimum Gasteiger partial charge on any atom is -0.316 e. The average molecular weight is 270 g/mol. The first-order valence-corrected chi connectivity index (χ1v) is 8.31. The van der Waals surface area contributed by atoms with E-state index in [0.29, 0.717) is 5.41 Å². The van der Waals surface area contributed by atoms with Gasteiger partial charge in [-0.1, -0.05) is 37.6 Å². The van der Waals surface area contributed by atoms with Gasteiger partial charge >= 0.3 is 0 Å². The van der Waals surface area contributed by atoms with Crippen LogP contribution < -0.4 is 5.32 Å². The van der Waals surface area contributed by atoms with Gasteiger partial charge in [-0.2, -0.15) is 0 Å². The van der Waals surface area contributed by atoms with Crippen LogP contribution in [-0.2, 0) is 0 Å². The molecule has 1 aromatic rings. The Morgan fingerprint density at radius 3 is 2.71 bits per heavy atom. The van der Waals surface area contributed by atoms with Crippen LogP contribution in [0.2, 0.25) is 0 Å². The summed E-state index contributed by atoms with van der Waals surface area (Å²) >= 11 is 0. The van der Waals surface area contributed by atoms with E-state index in [4.69, 9.17) is 0 Å². The lowest BCUT2D eigenvalue weighted by atomic mass is 9.92. The Balaban J connectivity index is 1.95. The van der Waals surface area contributed by atoms with Crippen LogP contribution in [0, 0.1) is 5.41 Å². The van der Waals surface area contributed by atoms with Crippen molar-refractivity contribution in [1.29, 1.82) is 0 Å². The first-order chi connectivity index (χ1) is 8.08.